The fourth-order valence-electron chi connectivity index (χ4n) is 4.63. The molecule has 0 aliphatic heterocycles. The first-order valence-corrected chi connectivity index (χ1v) is 9.83. The van der Waals surface area contributed by atoms with E-state index in [4.69, 9.17) is 0 Å². The zero-order valence-corrected chi connectivity index (χ0v) is 14.8. The van der Waals surface area contributed by atoms with E-state index in [2.05, 4.69) is 16.3 Å². The molecule has 1 N–H and O–H groups in total. The molecule has 2 heterocycles. The quantitative estimate of drug-likeness (QED) is 0.928. The minimum absolute atomic E-state index is 0.304. The molecule has 135 valence electrons. The van der Waals surface area contributed by atoms with E-state index in [9.17, 15) is 9.59 Å². The highest BCUT2D eigenvalue weighted by molar-refractivity contribution is 5.69. The monoisotopic (exact) mass is 343 g/mol. The fourth-order valence-corrected chi connectivity index (χ4v) is 4.63. The van der Waals surface area contributed by atoms with Crippen molar-refractivity contribution < 1.29 is 0 Å². The van der Waals surface area contributed by atoms with Crippen LogP contribution in [0.4, 0.5) is 0 Å². The topological polar surface area (TPSA) is 72.7 Å². The molecule has 0 bridgehead atoms. The highest BCUT2D eigenvalue weighted by Gasteiger charge is 2.21. The van der Waals surface area contributed by atoms with Gasteiger partial charge in [0.1, 0.15) is 0 Å². The predicted octanol–water partition coefficient (Wildman–Crippen LogP) is 2.85. The van der Waals surface area contributed by atoms with Gasteiger partial charge < -0.3 is 4.57 Å². The average molecular weight is 343 g/mol. The Labute approximate surface area is 147 Å². The smallest absolute Gasteiger partial charge is 0.307 e. The van der Waals surface area contributed by atoms with Crippen LogP contribution in [0.2, 0.25) is 0 Å². The Morgan fingerprint density at radius 1 is 0.920 bits per heavy atom. The summed E-state index contributed by atoms with van der Waals surface area (Å²) in [5.41, 5.74) is 0.330. The molecule has 2 aromatic rings. The van der Waals surface area contributed by atoms with Crippen LogP contribution in [-0.2, 0) is 13.1 Å². The third kappa shape index (κ3) is 3.44. The summed E-state index contributed by atoms with van der Waals surface area (Å²) in [5.74, 6) is 1.11. The Morgan fingerprint density at radius 3 is 2.16 bits per heavy atom. The maximum absolute atomic E-state index is 12.5. The molecule has 2 aliphatic carbocycles. The summed E-state index contributed by atoms with van der Waals surface area (Å²) in [7, 11) is 0. The molecule has 2 fully saturated rings. The van der Waals surface area contributed by atoms with Gasteiger partial charge in [-0.1, -0.05) is 38.5 Å². The van der Waals surface area contributed by atoms with Gasteiger partial charge in [-0.05, 0) is 37.5 Å². The molecule has 6 nitrogen and oxygen atoms in total. The largest absolute Gasteiger partial charge is 0.330 e. The van der Waals surface area contributed by atoms with Crippen LogP contribution in [0, 0.1) is 18.2 Å². The molecule has 6 heteroatoms. The minimum Gasteiger partial charge on any atom is -0.307 e. The van der Waals surface area contributed by atoms with E-state index in [-0.39, 0.29) is 5.69 Å². The Hall–Kier alpha value is -1.85. The molecule has 0 unspecified atom stereocenters. The van der Waals surface area contributed by atoms with E-state index in [1.165, 1.54) is 51.4 Å². The van der Waals surface area contributed by atoms with Crippen molar-refractivity contribution >= 4 is 11.2 Å². The van der Waals surface area contributed by atoms with Crippen LogP contribution in [-0.4, -0.2) is 19.1 Å². The van der Waals surface area contributed by atoms with Crippen molar-refractivity contribution in [3.63, 3.8) is 0 Å². The van der Waals surface area contributed by atoms with Crippen molar-refractivity contribution in [2.24, 2.45) is 11.8 Å². The number of rotatable bonds is 4. The van der Waals surface area contributed by atoms with Gasteiger partial charge in [0.05, 0.1) is 0 Å². The van der Waals surface area contributed by atoms with Gasteiger partial charge >= 0.3 is 5.69 Å². The summed E-state index contributed by atoms with van der Waals surface area (Å²) < 4.78 is 3.68. The van der Waals surface area contributed by atoms with Crippen LogP contribution in [0.25, 0.3) is 11.2 Å². The van der Waals surface area contributed by atoms with E-state index in [0.717, 1.165) is 19.4 Å². The molecule has 2 saturated carbocycles. The molecular weight excluding hydrogens is 316 g/mol. The first-order chi connectivity index (χ1) is 12.2. The Kier molecular flexibility index (Phi) is 4.77. The third-order valence-electron chi connectivity index (χ3n) is 6.02. The molecule has 2 aromatic heterocycles. The predicted molar refractivity (Wildman–Crippen MR) is 96.6 cm³/mol. The molecule has 0 spiro atoms. The van der Waals surface area contributed by atoms with Crippen molar-refractivity contribution in [2.45, 2.75) is 77.3 Å². The van der Waals surface area contributed by atoms with Gasteiger partial charge in [-0.25, -0.2) is 9.78 Å². The number of aromatic amines is 1. The van der Waals surface area contributed by atoms with Gasteiger partial charge in [0.25, 0.3) is 5.56 Å². The van der Waals surface area contributed by atoms with Crippen LogP contribution in [0.5, 0.6) is 0 Å². The van der Waals surface area contributed by atoms with Crippen LogP contribution >= 0.6 is 0 Å². The molecule has 0 atom stereocenters. The molecule has 0 saturated heterocycles. The zero-order chi connectivity index (χ0) is 17.2. The second kappa shape index (κ2) is 7.18. The van der Waals surface area contributed by atoms with Crippen LogP contribution < -0.4 is 11.2 Å². The molecule has 1 radical (unpaired) electrons. The SMILES string of the molecule is O=c1[nH]c(=O)n(CC2CCCCC2)c2c1n[c]n2CC1CCCCC1. The summed E-state index contributed by atoms with van der Waals surface area (Å²) in [6.45, 7) is 1.49. The van der Waals surface area contributed by atoms with Crippen LogP contribution in [0.15, 0.2) is 9.59 Å². The molecule has 4 rings (SSSR count). The second-order valence-corrected chi connectivity index (χ2v) is 7.87. The van der Waals surface area contributed by atoms with E-state index in [1.807, 2.05) is 4.57 Å². The summed E-state index contributed by atoms with van der Waals surface area (Å²) in [6, 6.07) is 0. The molecule has 2 aliphatic rings. The van der Waals surface area contributed by atoms with E-state index < -0.39 is 5.56 Å². The lowest BCUT2D eigenvalue weighted by atomic mass is 9.89. The summed E-state index contributed by atoms with van der Waals surface area (Å²) >= 11 is 0. The average Bonchev–Trinajstić information content (AvgIpc) is 3.04. The maximum atomic E-state index is 12.5. The summed E-state index contributed by atoms with van der Waals surface area (Å²) in [4.78, 5) is 31.4. The van der Waals surface area contributed by atoms with Gasteiger partial charge in [0.15, 0.2) is 17.5 Å². The number of nitrogens with one attached hydrogen (secondary N) is 1. The Morgan fingerprint density at radius 2 is 1.52 bits per heavy atom. The van der Waals surface area contributed by atoms with Crippen molar-refractivity contribution in [1.29, 1.82) is 0 Å². The van der Waals surface area contributed by atoms with Crippen molar-refractivity contribution in [3.05, 3.63) is 27.2 Å². The fraction of sp³-hybridized carbons (Fsp3) is 0.737. The maximum Gasteiger partial charge on any atom is 0.330 e. The molecule has 0 aromatic carbocycles. The highest BCUT2D eigenvalue weighted by Crippen LogP contribution is 2.27. The van der Waals surface area contributed by atoms with Gasteiger partial charge in [0.2, 0.25) is 0 Å². The van der Waals surface area contributed by atoms with E-state index in [0.29, 0.717) is 29.5 Å². The lowest BCUT2D eigenvalue weighted by molar-refractivity contribution is 0.308. The van der Waals surface area contributed by atoms with Gasteiger partial charge in [-0.15, -0.1) is 0 Å². The molecule has 25 heavy (non-hydrogen) atoms. The minimum atomic E-state index is -0.390. The van der Waals surface area contributed by atoms with Gasteiger partial charge in [0, 0.05) is 13.1 Å². The van der Waals surface area contributed by atoms with E-state index >= 15 is 0 Å². The first-order valence-electron chi connectivity index (χ1n) is 9.83. The first kappa shape index (κ1) is 16.6. The molecule has 0 amide bonds. The number of hydrogen-bond donors (Lipinski definition) is 1. The number of nitrogens with zero attached hydrogens (tertiary/aromatic N) is 3. The number of fused-ring (bicyclic) bond motifs is 1. The standard InChI is InChI=1S/C19H27N4O2/c24-17-16-18(22(13-20-16)11-14-7-3-1-4-8-14)23(19(25)21-17)12-15-9-5-2-6-10-15/h14-15H,1-12H2,(H,21,24,25). The van der Waals surface area contributed by atoms with Gasteiger partial charge in [-0.2, -0.15) is 0 Å². The Balaban J connectivity index is 1.70. The number of hydrogen-bond acceptors (Lipinski definition) is 3. The number of imidazole rings is 1. The Bertz CT molecular complexity index is 835. The second-order valence-electron chi connectivity index (χ2n) is 7.87. The summed E-state index contributed by atoms with van der Waals surface area (Å²) in [6.07, 6.45) is 15.4. The number of aromatic nitrogens is 4. The van der Waals surface area contributed by atoms with Crippen molar-refractivity contribution in [2.75, 3.05) is 0 Å². The lowest BCUT2D eigenvalue weighted by Gasteiger charge is -2.24. The zero-order valence-electron chi connectivity index (χ0n) is 14.8. The normalized spacial score (nSPS) is 20.3. The van der Waals surface area contributed by atoms with E-state index in [1.54, 1.807) is 4.57 Å². The summed E-state index contributed by atoms with van der Waals surface area (Å²) in [5, 5.41) is 0. The van der Waals surface area contributed by atoms with Crippen molar-refractivity contribution in [1.82, 2.24) is 19.1 Å². The van der Waals surface area contributed by atoms with Crippen LogP contribution in [0.3, 0.4) is 0 Å². The lowest BCUT2D eigenvalue weighted by Crippen LogP contribution is -2.33. The van der Waals surface area contributed by atoms with Crippen LogP contribution in [0.1, 0.15) is 64.2 Å². The molecular formula is C19H27N4O2. The third-order valence-corrected chi connectivity index (χ3v) is 6.02. The number of H-pyrrole nitrogens is 1. The highest BCUT2D eigenvalue weighted by atomic mass is 16.2. The van der Waals surface area contributed by atoms with Gasteiger partial charge in [-0.3, -0.25) is 14.3 Å². The van der Waals surface area contributed by atoms with Crippen molar-refractivity contribution in [3.8, 4) is 0 Å².